The number of halogens is 1. The Bertz CT molecular complexity index is 1430. The molecule has 0 unspecified atom stereocenters. The number of hydrogen-bond donors (Lipinski definition) is 2. The SMILES string of the molecule is Cc1cc(CN(C)C(=O)c2ccc(Nc3ncc4c(n3)-c3ccc(Cl)cc3NC(=O)C4)cc2)on1. The molecular formula is C25H21ClN6O3. The Morgan fingerprint density at radius 1 is 1.20 bits per heavy atom. The van der Waals surface area contributed by atoms with Gasteiger partial charge in [-0.2, -0.15) is 0 Å². The molecule has 3 heterocycles. The van der Waals surface area contributed by atoms with Crippen LogP contribution in [0.5, 0.6) is 0 Å². The fourth-order valence-electron chi connectivity index (χ4n) is 3.87. The van der Waals surface area contributed by atoms with Crippen LogP contribution in [0.4, 0.5) is 17.3 Å². The van der Waals surface area contributed by atoms with Crippen molar-refractivity contribution in [3.63, 3.8) is 0 Å². The monoisotopic (exact) mass is 488 g/mol. The molecule has 0 aliphatic carbocycles. The van der Waals surface area contributed by atoms with Crippen LogP contribution in [0.2, 0.25) is 5.02 Å². The first-order valence-electron chi connectivity index (χ1n) is 10.9. The van der Waals surface area contributed by atoms with Crippen LogP contribution in [0, 0.1) is 6.92 Å². The van der Waals surface area contributed by atoms with E-state index < -0.39 is 0 Å². The number of nitrogens with one attached hydrogen (secondary N) is 2. The second-order valence-corrected chi connectivity index (χ2v) is 8.72. The van der Waals surface area contributed by atoms with Crippen LogP contribution in [0.1, 0.15) is 27.4 Å². The maximum atomic E-state index is 12.8. The third kappa shape index (κ3) is 4.85. The minimum absolute atomic E-state index is 0.140. The van der Waals surface area contributed by atoms with Crippen LogP contribution in [-0.2, 0) is 17.8 Å². The molecule has 0 fully saturated rings. The Labute approximate surface area is 206 Å². The Morgan fingerprint density at radius 3 is 2.74 bits per heavy atom. The van der Waals surface area contributed by atoms with Crippen LogP contribution in [0.15, 0.2) is 59.3 Å². The highest BCUT2D eigenvalue weighted by molar-refractivity contribution is 6.31. The van der Waals surface area contributed by atoms with Crippen molar-refractivity contribution in [1.29, 1.82) is 0 Å². The number of aryl methyl sites for hydroxylation is 1. The normalized spacial score (nSPS) is 12.3. The van der Waals surface area contributed by atoms with Crippen LogP contribution in [0.3, 0.4) is 0 Å². The predicted molar refractivity (Wildman–Crippen MR) is 132 cm³/mol. The van der Waals surface area contributed by atoms with Crippen molar-refractivity contribution in [3.05, 3.63) is 82.3 Å². The fraction of sp³-hybridized carbons (Fsp3) is 0.160. The molecule has 0 saturated heterocycles. The molecule has 0 radical (unpaired) electrons. The number of carbonyl (C=O) groups excluding carboxylic acids is 2. The molecule has 176 valence electrons. The van der Waals surface area contributed by atoms with Crippen molar-refractivity contribution in [2.24, 2.45) is 0 Å². The fourth-order valence-corrected chi connectivity index (χ4v) is 4.04. The van der Waals surface area contributed by atoms with E-state index in [-0.39, 0.29) is 18.2 Å². The van der Waals surface area contributed by atoms with E-state index in [1.807, 2.05) is 13.0 Å². The molecule has 2 aromatic heterocycles. The van der Waals surface area contributed by atoms with Crippen molar-refractivity contribution >= 4 is 40.7 Å². The third-order valence-corrected chi connectivity index (χ3v) is 5.77. The second-order valence-electron chi connectivity index (χ2n) is 8.28. The molecule has 1 aliphatic rings. The standard InChI is InChI=1S/C25H21ClN6O3/c1-14-9-19(35-31-14)13-32(2)24(34)15-3-6-18(7-4-15)28-25-27-12-16-10-22(33)29-21-11-17(26)5-8-20(21)23(16)30-25/h3-9,11-12H,10,13H2,1-2H3,(H,29,33)(H,27,28,30). The number of fused-ring (bicyclic) bond motifs is 3. The number of aromatic nitrogens is 3. The summed E-state index contributed by atoms with van der Waals surface area (Å²) in [6.45, 7) is 2.16. The average Bonchev–Trinajstić information content (AvgIpc) is 3.18. The minimum Gasteiger partial charge on any atom is -0.359 e. The molecule has 0 spiro atoms. The summed E-state index contributed by atoms with van der Waals surface area (Å²) in [4.78, 5) is 35.6. The lowest BCUT2D eigenvalue weighted by atomic mass is 10.1. The highest BCUT2D eigenvalue weighted by atomic mass is 35.5. The summed E-state index contributed by atoms with van der Waals surface area (Å²) in [5.41, 5.74) is 4.78. The van der Waals surface area contributed by atoms with E-state index in [0.29, 0.717) is 45.9 Å². The Balaban J connectivity index is 1.34. The van der Waals surface area contributed by atoms with Gasteiger partial charge in [-0.1, -0.05) is 16.8 Å². The smallest absolute Gasteiger partial charge is 0.254 e. The quantitative estimate of drug-likeness (QED) is 0.422. The van der Waals surface area contributed by atoms with E-state index in [9.17, 15) is 9.59 Å². The zero-order chi connectivity index (χ0) is 24.5. The molecule has 5 rings (SSSR count). The highest BCUT2D eigenvalue weighted by Crippen LogP contribution is 2.34. The molecule has 2 N–H and O–H groups in total. The molecule has 2 aromatic carbocycles. The van der Waals surface area contributed by atoms with E-state index in [0.717, 1.165) is 16.8 Å². The average molecular weight is 489 g/mol. The van der Waals surface area contributed by atoms with Gasteiger partial charge in [0.15, 0.2) is 5.76 Å². The minimum atomic E-state index is -0.153. The summed E-state index contributed by atoms with van der Waals surface area (Å²) < 4.78 is 5.19. The number of rotatable bonds is 5. The van der Waals surface area contributed by atoms with Crippen molar-refractivity contribution < 1.29 is 14.1 Å². The van der Waals surface area contributed by atoms with E-state index in [4.69, 9.17) is 16.1 Å². The van der Waals surface area contributed by atoms with Gasteiger partial charge in [0, 0.05) is 46.7 Å². The molecule has 10 heteroatoms. The summed E-state index contributed by atoms with van der Waals surface area (Å²) >= 11 is 6.11. The number of benzene rings is 2. The van der Waals surface area contributed by atoms with E-state index in [1.54, 1.807) is 60.6 Å². The van der Waals surface area contributed by atoms with Gasteiger partial charge < -0.3 is 20.1 Å². The highest BCUT2D eigenvalue weighted by Gasteiger charge is 2.21. The Kier molecular flexibility index (Phi) is 5.92. The van der Waals surface area contributed by atoms with Gasteiger partial charge in [-0.25, -0.2) is 9.97 Å². The van der Waals surface area contributed by atoms with Gasteiger partial charge in [0.05, 0.1) is 30.0 Å². The number of amides is 2. The van der Waals surface area contributed by atoms with Gasteiger partial charge >= 0.3 is 0 Å². The summed E-state index contributed by atoms with van der Waals surface area (Å²) in [6, 6.07) is 14.1. The van der Waals surface area contributed by atoms with E-state index in [1.165, 1.54) is 0 Å². The van der Waals surface area contributed by atoms with Gasteiger partial charge in [-0.3, -0.25) is 9.59 Å². The third-order valence-electron chi connectivity index (χ3n) is 5.53. The molecule has 2 amide bonds. The molecule has 0 atom stereocenters. The summed E-state index contributed by atoms with van der Waals surface area (Å²) in [5, 5.41) is 10.4. The van der Waals surface area contributed by atoms with Crippen molar-refractivity contribution in [2.45, 2.75) is 19.9 Å². The van der Waals surface area contributed by atoms with Crippen LogP contribution >= 0.6 is 11.6 Å². The number of hydrogen-bond acceptors (Lipinski definition) is 7. The Morgan fingerprint density at radius 2 is 2.00 bits per heavy atom. The topological polar surface area (TPSA) is 113 Å². The maximum Gasteiger partial charge on any atom is 0.254 e. The summed E-state index contributed by atoms with van der Waals surface area (Å²) in [6.07, 6.45) is 1.81. The number of carbonyl (C=O) groups is 2. The van der Waals surface area contributed by atoms with Gasteiger partial charge in [0.25, 0.3) is 5.91 Å². The first kappa shape index (κ1) is 22.5. The summed E-state index contributed by atoms with van der Waals surface area (Å²) in [7, 11) is 1.71. The lowest BCUT2D eigenvalue weighted by Crippen LogP contribution is -2.25. The molecule has 35 heavy (non-hydrogen) atoms. The van der Waals surface area contributed by atoms with Gasteiger partial charge in [0.1, 0.15) is 0 Å². The van der Waals surface area contributed by atoms with Crippen molar-refractivity contribution in [3.8, 4) is 11.3 Å². The van der Waals surface area contributed by atoms with Crippen molar-refractivity contribution in [1.82, 2.24) is 20.0 Å². The molecule has 4 aromatic rings. The number of nitrogens with zero attached hydrogens (tertiary/aromatic N) is 4. The number of anilines is 3. The molecular weight excluding hydrogens is 468 g/mol. The predicted octanol–water partition coefficient (Wildman–Crippen LogP) is 4.60. The molecule has 9 nitrogen and oxygen atoms in total. The summed E-state index contributed by atoms with van der Waals surface area (Å²) in [5.74, 6) is 0.702. The zero-order valence-electron chi connectivity index (χ0n) is 19.0. The largest absolute Gasteiger partial charge is 0.359 e. The van der Waals surface area contributed by atoms with E-state index >= 15 is 0 Å². The van der Waals surface area contributed by atoms with Crippen LogP contribution < -0.4 is 10.6 Å². The first-order valence-corrected chi connectivity index (χ1v) is 11.2. The lowest BCUT2D eigenvalue weighted by Gasteiger charge is -2.15. The lowest BCUT2D eigenvalue weighted by molar-refractivity contribution is -0.115. The second kappa shape index (κ2) is 9.19. The zero-order valence-corrected chi connectivity index (χ0v) is 19.8. The van der Waals surface area contributed by atoms with Gasteiger partial charge in [0.2, 0.25) is 11.9 Å². The van der Waals surface area contributed by atoms with Crippen LogP contribution in [-0.4, -0.2) is 38.9 Å². The van der Waals surface area contributed by atoms with Gasteiger partial charge in [-0.05, 0) is 49.4 Å². The first-order chi connectivity index (χ1) is 16.9. The maximum absolute atomic E-state index is 12.8. The van der Waals surface area contributed by atoms with Crippen LogP contribution in [0.25, 0.3) is 11.3 Å². The van der Waals surface area contributed by atoms with Crippen molar-refractivity contribution in [2.75, 3.05) is 17.7 Å². The van der Waals surface area contributed by atoms with E-state index in [2.05, 4.69) is 25.8 Å². The van der Waals surface area contributed by atoms with Gasteiger partial charge in [-0.15, -0.1) is 0 Å². The molecule has 1 aliphatic heterocycles. The Hall–Kier alpha value is -4.24. The molecule has 0 saturated carbocycles. The molecule has 0 bridgehead atoms.